The first-order chi connectivity index (χ1) is 5.65. The van der Waals surface area contributed by atoms with Crippen molar-refractivity contribution < 1.29 is 4.79 Å². The largest absolute Gasteiger partial charge is 0.354 e. The van der Waals surface area contributed by atoms with Gasteiger partial charge in [0.05, 0.1) is 0 Å². The number of carbonyl (C=O) groups is 1. The average molecular weight is 186 g/mol. The number of hydrogen-bond donors (Lipinski definition) is 2. The quantitative estimate of drug-likeness (QED) is 0.381. The van der Waals surface area contributed by atoms with E-state index < -0.39 is 0 Å². The molecule has 1 rings (SSSR count). The summed E-state index contributed by atoms with van der Waals surface area (Å²) in [5.74, 6) is 4.58. The number of hydrogen-bond acceptors (Lipinski definition) is 5. The molecule has 12 heavy (non-hydrogen) atoms. The molecule has 66 valence electrons. The lowest BCUT2D eigenvalue weighted by Gasteiger charge is -2.05. The molecule has 0 fully saturated rings. The van der Waals surface area contributed by atoms with Gasteiger partial charge in [0, 0.05) is 19.5 Å². The van der Waals surface area contributed by atoms with Gasteiger partial charge in [0.15, 0.2) is 5.13 Å². The molecule has 1 heterocycles. The van der Waals surface area contributed by atoms with Gasteiger partial charge in [-0.05, 0) is 0 Å². The smallest absolute Gasteiger partial charge is 0.284 e. The Balaban J connectivity index is 2.84. The fraction of sp³-hybridized carbons (Fsp3) is 0.333. The summed E-state index contributed by atoms with van der Waals surface area (Å²) in [7, 11) is 3.73. The zero-order valence-electron chi connectivity index (χ0n) is 6.87. The molecule has 0 saturated carbocycles. The van der Waals surface area contributed by atoms with Crippen molar-refractivity contribution in [1.82, 2.24) is 10.4 Å². The second-order valence-electron chi connectivity index (χ2n) is 2.38. The highest BCUT2D eigenvalue weighted by molar-refractivity contribution is 7.13. The molecule has 0 aliphatic rings. The fourth-order valence-corrected chi connectivity index (χ4v) is 1.39. The van der Waals surface area contributed by atoms with Gasteiger partial charge in [-0.1, -0.05) is 0 Å². The molecule has 0 saturated heterocycles. The summed E-state index contributed by atoms with van der Waals surface area (Å²) in [6.07, 6.45) is 0. The van der Waals surface area contributed by atoms with E-state index in [1.54, 1.807) is 5.38 Å². The molecule has 1 aromatic heterocycles. The normalized spacial score (nSPS) is 9.58. The standard InChI is InChI=1S/C6H10N4OS/c1-10(2)6-8-4(3-12-6)5(11)9-7/h3H,7H2,1-2H3,(H,9,11). The number of nitrogens with zero attached hydrogens (tertiary/aromatic N) is 2. The van der Waals surface area contributed by atoms with Crippen LogP contribution in [-0.4, -0.2) is 25.0 Å². The van der Waals surface area contributed by atoms with Crippen molar-refractivity contribution in [3.63, 3.8) is 0 Å². The first kappa shape index (κ1) is 8.95. The topological polar surface area (TPSA) is 71.2 Å². The van der Waals surface area contributed by atoms with E-state index in [4.69, 9.17) is 5.84 Å². The Morgan fingerprint density at radius 3 is 2.83 bits per heavy atom. The van der Waals surface area contributed by atoms with Crippen LogP contribution in [0.5, 0.6) is 0 Å². The van der Waals surface area contributed by atoms with Crippen molar-refractivity contribution in [2.24, 2.45) is 5.84 Å². The molecule has 3 N–H and O–H groups in total. The highest BCUT2D eigenvalue weighted by Gasteiger charge is 2.09. The van der Waals surface area contributed by atoms with Crippen molar-refractivity contribution in [3.05, 3.63) is 11.1 Å². The van der Waals surface area contributed by atoms with Gasteiger partial charge >= 0.3 is 0 Å². The highest BCUT2D eigenvalue weighted by Crippen LogP contribution is 2.17. The molecule has 0 radical (unpaired) electrons. The van der Waals surface area contributed by atoms with Crippen LogP contribution in [0.1, 0.15) is 10.5 Å². The predicted molar refractivity (Wildman–Crippen MR) is 48.1 cm³/mol. The molecule has 0 aliphatic heterocycles. The summed E-state index contributed by atoms with van der Waals surface area (Å²) in [6, 6.07) is 0. The van der Waals surface area contributed by atoms with Gasteiger partial charge in [-0.15, -0.1) is 11.3 Å². The van der Waals surface area contributed by atoms with Crippen LogP contribution in [-0.2, 0) is 0 Å². The minimum atomic E-state index is -0.362. The monoisotopic (exact) mass is 186 g/mol. The Morgan fingerprint density at radius 2 is 2.42 bits per heavy atom. The van der Waals surface area contributed by atoms with E-state index in [0.29, 0.717) is 5.69 Å². The Morgan fingerprint density at radius 1 is 1.75 bits per heavy atom. The van der Waals surface area contributed by atoms with Gasteiger partial charge in [-0.3, -0.25) is 10.2 Å². The molecular formula is C6H10N4OS. The first-order valence-corrected chi connectivity index (χ1v) is 4.17. The van der Waals surface area contributed by atoms with Crippen LogP contribution in [0, 0.1) is 0 Å². The van der Waals surface area contributed by atoms with Crippen LogP contribution in [0.25, 0.3) is 0 Å². The van der Waals surface area contributed by atoms with Gasteiger partial charge < -0.3 is 4.90 Å². The second kappa shape index (κ2) is 3.51. The van der Waals surface area contributed by atoms with Crippen LogP contribution in [0.15, 0.2) is 5.38 Å². The van der Waals surface area contributed by atoms with Gasteiger partial charge in [0.2, 0.25) is 0 Å². The van der Waals surface area contributed by atoms with Crippen molar-refractivity contribution in [2.45, 2.75) is 0 Å². The number of rotatable bonds is 2. The Bertz CT molecular complexity index is 283. The van der Waals surface area contributed by atoms with E-state index in [9.17, 15) is 4.79 Å². The molecule has 1 amide bonds. The molecule has 5 nitrogen and oxygen atoms in total. The van der Waals surface area contributed by atoms with Crippen molar-refractivity contribution >= 4 is 22.4 Å². The van der Waals surface area contributed by atoms with E-state index in [1.165, 1.54) is 11.3 Å². The number of hydrazine groups is 1. The molecule has 1 aromatic rings. The summed E-state index contributed by atoms with van der Waals surface area (Å²) >= 11 is 1.40. The molecule has 0 aromatic carbocycles. The number of thiazole rings is 1. The number of carbonyl (C=O) groups excluding carboxylic acids is 1. The van der Waals surface area contributed by atoms with Gasteiger partial charge in [0.1, 0.15) is 5.69 Å². The van der Waals surface area contributed by atoms with Crippen molar-refractivity contribution in [2.75, 3.05) is 19.0 Å². The zero-order valence-corrected chi connectivity index (χ0v) is 7.68. The number of anilines is 1. The zero-order chi connectivity index (χ0) is 9.14. The predicted octanol–water partition coefficient (Wildman–Crippen LogP) is -0.187. The van der Waals surface area contributed by atoms with Crippen molar-refractivity contribution in [1.29, 1.82) is 0 Å². The van der Waals surface area contributed by atoms with Gasteiger partial charge in [-0.2, -0.15) is 0 Å². The average Bonchev–Trinajstić information content (AvgIpc) is 2.51. The molecule has 0 unspecified atom stereocenters. The summed E-state index contributed by atoms with van der Waals surface area (Å²) in [5.41, 5.74) is 2.37. The number of nitrogens with two attached hydrogens (primary N) is 1. The molecule has 0 atom stereocenters. The SMILES string of the molecule is CN(C)c1nc(C(=O)NN)cs1. The number of nitrogen functional groups attached to an aromatic ring is 1. The van der Waals surface area contributed by atoms with Crippen LogP contribution >= 0.6 is 11.3 Å². The highest BCUT2D eigenvalue weighted by atomic mass is 32.1. The third-order valence-corrected chi connectivity index (χ3v) is 2.25. The molecule has 6 heteroatoms. The number of aromatic nitrogens is 1. The van der Waals surface area contributed by atoms with E-state index in [1.807, 2.05) is 24.4 Å². The van der Waals surface area contributed by atoms with Crippen LogP contribution in [0.4, 0.5) is 5.13 Å². The van der Waals surface area contributed by atoms with Crippen LogP contribution in [0.3, 0.4) is 0 Å². The van der Waals surface area contributed by atoms with E-state index in [0.717, 1.165) is 5.13 Å². The molecular weight excluding hydrogens is 176 g/mol. The summed E-state index contributed by atoms with van der Waals surface area (Å²) < 4.78 is 0. The lowest BCUT2D eigenvalue weighted by atomic mass is 10.5. The maximum Gasteiger partial charge on any atom is 0.284 e. The Labute approximate surface area is 74.2 Å². The lowest BCUT2D eigenvalue weighted by Crippen LogP contribution is -2.30. The maximum absolute atomic E-state index is 10.9. The number of amides is 1. The fourth-order valence-electron chi connectivity index (χ4n) is 0.648. The number of nitrogens with one attached hydrogen (secondary N) is 1. The second-order valence-corrected chi connectivity index (χ2v) is 3.22. The Kier molecular flexibility index (Phi) is 2.61. The third-order valence-electron chi connectivity index (χ3n) is 1.24. The minimum absolute atomic E-state index is 0.353. The minimum Gasteiger partial charge on any atom is -0.354 e. The summed E-state index contributed by atoms with van der Waals surface area (Å²) in [5, 5.41) is 2.45. The van der Waals surface area contributed by atoms with Crippen molar-refractivity contribution in [3.8, 4) is 0 Å². The maximum atomic E-state index is 10.9. The molecule has 0 bridgehead atoms. The van der Waals surface area contributed by atoms with Gasteiger partial charge in [0.25, 0.3) is 5.91 Å². The van der Waals surface area contributed by atoms with E-state index >= 15 is 0 Å². The Hall–Kier alpha value is -1.14. The third kappa shape index (κ3) is 1.72. The first-order valence-electron chi connectivity index (χ1n) is 3.29. The molecule has 0 spiro atoms. The lowest BCUT2D eigenvalue weighted by molar-refractivity contribution is 0.0949. The van der Waals surface area contributed by atoms with E-state index in [2.05, 4.69) is 4.98 Å². The van der Waals surface area contributed by atoms with Gasteiger partial charge in [-0.25, -0.2) is 10.8 Å². The van der Waals surface area contributed by atoms with Crippen LogP contribution < -0.4 is 16.2 Å². The molecule has 0 aliphatic carbocycles. The van der Waals surface area contributed by atoms with Crippen LogP contribution in [0.2, 0.25) is 0 Å². The summed E-state index contributed by atoms with van der Waals surface area (Å²) in [4.78, 5) is 16.8. The summed E-state index contributed by atoms with van der Waals surface area (Å²) in [6.45, 7) is 0. The van der Waals surface area contributed by atoms with E-state index in [-0.39, 0.29) is 5.91 Å².